The number of carbonyl (C=O) groups is 1. The van der Waals surface area contributed by atoms with Crippen LogP contribution in [0.3, 0.4) is 0 Å². The fourth-order valence-electron chi connectivity index (χ4n) is 2.94. The van der Waals surface area contributed by atoms with Gasteiger partial charge in [0.05, 0.1) is 34.6 Å². The monoisotopic (exact) mass is 438 g/mol. The summed E-state index contributed by atoms with van der Waals surface area (Å²) in [6, 6.07) is 19.5. The summed E-state index contributed by atoms with van der Waals surface area (Å²) in [5.74, 6) is 1.32. The molecule has 0 spiro atoms. The van der Waals surface area contributed by atoms with E-state index in [0.29, 0.717) is 33.5 Å². The number of amides is 1. The number of nitrogens with zero attached hydrogens (tertiary/aromatic N) is 1. The Bertz CT molecular complexity index is 1200. The Balaban J connectivity index is 1.64. The molecule has 0 radical (unpaired) electrons. The van der Waals surface area contributed by atoms with Crippen LogP contribution in [0.1, 0.15) is 10.4 Å². The van der Waals surface area contributed by atoms with Crippen LogP contribution in [0, 0.1) is 0 Å². The Hall–Kier alpha value is -3.28. The number of hydrogen-bond donors (Lipinski definition) is 1. The Morgan fingerprint density at radius 1 is 1.00 bits per heavy atom. The summed E-state index contributed by atoms with van der Waals surface area (Å²) in [5, 5.41) is 3.43. The first-order valence-corrected chi connectivity index (χ1v) is 9.77. The van der Waals surface area contributed by atoms with Gasteiger partial charge in [0.15, 0.2) is 5.76 Å². The number of oxazole rings is 1. The minimum Gasteiger partial charge on any atom is -0.497 e. The maximum atomic E-state index is 12.9. The summed E-state index contributed by atoms with van der Waals surface area (Å²) in [5.41, 5.74) is 2.24. The van der Waals surface area contributed by atoms with Crippen LogP contribution in [0.15, 0.2) is 77.3 Å². The minimum atomic E-state index is -0.348. The molecule has 4 aromatic rings. The third kappa shape index (κ3) is 4.03. The largest absolute Gasteiger partial charge is 0.497 e. The molecule has 0 bridgehead atoms. The molecule has 7 heteroatoms. The van der Waals surface area contributed by atoms with Crippen molar-refractivity contribution in [2.45, 2.75) is 0 Å². The van der Waals surface area contributed by atoms with Crippen molar-refractivity contribution in [3.8, 4) is 28.5 Å². The molecule has 0 aliphatic rings. The van der Waals surface area contributed by atoms with Crippen molar-refractivity contribution < 1.29 is 13.9 Å². The number of aromatic nitrogens is 1. The Morgan fingerprint density at radius 3 is 2.53 bits per heavy atom. The molecule has 1 amide bonds. The van der Waals surface area contributed by atoms with Crippen LogP contribution in [-0.2, 0) is 0 Å². The first-order chi connectivity index (χ1) is 14.6. The second kappa shape index (κ2) is 8.61. The van der Waals surface area contributed by atoms with Crippen LogP contribution in [0.4, 0.5) is 5.69 Å². The molecule has 1 aromatic heterocycles. The zero-order chi connectivity index (χ0) is 21.1. The van der Waals surface area contributed by atoms with E-state index in [2.05, 4.69) is 10.3 Å². The standard InChI is InChI=1S/C23H16Cl2N2O3/c1-29-15-11-9-14(10-12-15)20-13-26-23(30-20)17-6-3-2-5-16(17)22(28)27-19-8-4-7-18(24)21(19)25/h2-13H,1H3,(H,27,28). The van der Waals surface area contributed by atoms with E-state index in [1.165, 1.54) is 0 Å². The molecule has 0 saturated carbocycles. The van der Waals surface area contributed by atoms with Crippen molar-refractivity contribution >= 4 is 34.8 Å². The fraction of sp³-hybridized carbons (Fsp3) is 0.0435. The predicted octanol–water partition coefficient (Wildman–Crippen LogP) is 6.58. The summed E-state index contributed by atoms with van der Waals surface area (Å²) in [6.07, 6.45) is 1.62. The molecule has 0 fully saturated rings. The molecular formula is C23H16Cl2N2O3. The summed E-state index contributed by atoms with van der Waals surface area (Å²) in [7, 11) is 1.61. The van der Waals surface area contributed by atoms with Gasteiger partial charge in [0.25, 0.3) is 5.91 Å². The van der Waals surface area contributed by atoms with Gasteiger partial charge in [-0.15, -0.1) is 0 Å². The Labute approximate surface area is 183 Å². The van der Waals surface area contributed by atoms with E-state index in [1.807, 2.05) is 30.3 Å². The molecule has 0 saturated heterocycles. The molecule has 0 unspecified atom stereocenters. The zero-order valence-electron chi connectivity index (χ0n) is 15.9. The Morgan fingerprint density at radius 2 is 1.77 bits per heavy atom. The molecule has 30 heavy (non-hydrogen) atoms. The van der Waals surface area contributed by atoms with Crippen molar-refractivity contribution in [2.24, 2.45) is 0 Å². The van der Waals surface area contributed by atoms with E-state index in [4.69, 9.17) is 32.4 Å². The maximum absolute atomic E-state index is 12.9. The van der Waals surface area contributed by atoms with Crippen molar-refractivity contribution in [3.63, 3.8) is 0 Å². The molecule has 0 atom stereocenters. The van der Waals surface area contributed by atoms with Gasteiger partial charge in [-0.05, 0) is 48.5 Å². The van der Waals surface area contributed by atoms with Gasteiger partial charge in [0, 0.05) is 11.1 Å². The third-order valence-electron chi connectivity index (χ3n) is 4.48. The number of halogens is 2. The molecule has 1 N–H and O–H groups in total. The van der Waals surface area contributed by atoms with Gasteiger partial charge in [0.2, 0.25) is 5.89 Å². The second-order valence-corrected chi connectivity index (χ2v) is 7.14. The maximum Gasteiger partial charge on any atom is 0.256 e. The number of ether oxygens (including phenoxy) is 1. The van der Waals surface area contributed by atoms with Crippen molar-refractivity contribution in [2.75, 3.05) is 12.4 Å². The highest BCUT2D eigenvalue weighted by atomic mass is 35.5. The van der Waals surface area contributed by atoms with Gasteiger partial charge in [-0.25, -0.2) is 4.98 Å². The lowest BCUT2D eigenvalue weighted by Gasteiger charge is -2.10. The Kier molecular flexibility index (Phi) is 5.74. The first kappa shape index (κ1) is 20.0. The highest BCUT2D eigenvalue weighted by molar-refractivity contribution is 6.44. The van der Waals surface area contributed by atoms with Crippen LogP contribution in [-0.4, -0.2) is 18.0 Å². The number of anilines is 1. The first-order valence-electron chi connectivity index (χ1n) is 9.02. The van der Waals surface area contributed by atoms with Crippen molar-refractivity contribution in [3.05, 3.63) is 88.5 Å². The van der Waals surface area contributed by atoms with E-state index in [0.717, 1.165) is 11.3 Å². The predicted molar refractivity (Wildman–Crippen MR) is 118 cm³/mol. The second-order valence-electron chi connectivity index (χ2n) is 6.36. The summed E-state index contributed by atoms with van der Waals surface area (Å²) in [6.45, 7) is 0. The van der Waals surface area contributed by atoms with E-state index in [1.54, 1.807) is 49.7 Å². The molecule has 0 aliphatic carbocycles. The molecule has 150 valence electrons. The van der Waals surface area contributed by atoms with E-state index >= 15 is 0 Å². The minimum absolute atomic E-state index is 0.280. The lowest BCUT2D eigenvalue weighted by Crippen LogP contribution is -2.13. The molecule has 0 aliphatic heterocycles. The van der Waals surface area contributed by atoms with Gasteiger partial charge in [-0.2, -0.15) is 0 Å². The molecule has 4 rings (SSSR count). The molecule has 1 heterocycles. The fourth-order valence-corrected chi connectivity index (χ4v) is 3.29. The van der Waals surface area contributed by atoms with Gasteiger partial charge in [-0.3, -0.25) is 4.79 Å². The lowest BCUT2D eigenvalue weighted by molar-refractivity contribution is 0.102. The third-order valence-corrected chi connectivity index (χ3v) is 5.30. The van der Waals surface area contributed by atoms with Crippen LogP contribution >= 0.6 is 23.2 Å². The smallest absolute Gasteiger partial charge is 0.256 e. The lowest BCUT2D eigenvalue weighted by atomic mass is 10.1. The van der Waals surface area contributed by atoms with Crippen LogP contribution in [0.25, 0.3) is 22.8 Å². The number of carbonyl (C=O) groups excluding carboxylic acids is 1. The summed E-state index contributed by atoms with van der Waals surface area (Å²) >= 11 is 12.2. The summed E-state index contributed by atoms with van der Waals surface area (Å²) < 4.78 is 11.1. The van der Waals surface area contributed by atoms with Crippen molar-refractivity contribution in [1.82, 2.24) is 4.98 Å². The quantitative estimate of drug-likeness (QED) is 0.382. The van der Waals surface area contributed by atoms with Crippen LogP contribution in [0.5, 0.6) is 5.75 Å². The molecular weight excluding hydrogens is 423 g/mol. The normalized spacial score (nSPS) is 10.6. The van der Waals surface area contributed by atoms with Gasteiger partial charge in [-0.1, -0.05) is 41.4 Å². The SMILES string of the molecule is COc1ccc(-c2cnc(-c3ccccc3C(=O)Nc3cccc(Cl)c3Cl)o2)cc1. The van der Waals surface area contributed by atoms with Crippen LogP contribution in [0.2, 0.25) is 10.0 Å². The number of benzene rings is 3. The number of methoxy groups -OCH3 is 1. The topological polar surface area (TPSA) is 64.4 Å². The van der Waals surface area contributed by atoms with E-state index in [9.17, 15) is 4.79 Å². The van der Waals surface area contributed by atoms with Gasteiger partial charge >= 0.3 is 0 Å². The van der Waals surface area contributed by atoms with E-state index < -0.39 is 0 Å². The highest BCUT2D eigenvalue weighted by Gasteiger charge is 2.18. The van der Waals surface area contributed by atoms with E-state index in [-0.39, 0.29) is 10.9 Å². The number of nitrogens with one attached hydrogen (secondary N) is 1. The molecule has 3 aromatic carbocycles. The highest BCUT2D eigenvalue weighted by Crippen LogP contribution is 2.32. The summed E-state index contributed by atoms with van der Waals surface area (Å²) in [4.78, 5) is 17.3. The van der Waals surface area contributed by atoms with Crippen molar-refractivity contribution in [1.29, 1.82) is 0 Å². The average molecular weight is 439 g/mol. The van der Waals surface area contributed by atoms with Gasteiger partial charge in [0.1, 0.15) is 5.75 Å². The molecule has 5 nitrogen and oxygen atoms in total. The zero-order valence-corrected chi connectivity index (χ0v) is 17.4. The number of rotatable bonds is 5. The van der Waals surface area contributed by atoms with Crippen LogP contribution < -0.4 is 10.1 Å². The van der Waals surface area contributed by atoms with Gasteiger partial charge < -0.3 is 14.5 Å². The number of hydrogen-bond acceptors (Lipinski definition) is 4. The average Bonchev–Trinajstić information content (AvgIpc) is 3.27.